The number of carbonyl (C=O) groups is 1. The van der Waals surface area contributed by atoms with Crippen LogP contribution in [0.3, 0.4) is 0 Å². The van der Waals surface area contributed by atoms with Gasteiger partial charge in [0.1, 0.15) is 12.1 Å². The Morgan fingerprint density at radius 1 is 0.979 bits per heavy atom. The van der Waals surface area contributed by atoms with Crippen LogP contribution in [-0.2, 0) is 9.53 Å². The van der Waals surface area contributed by atoms with E-state index in [0.29, 0.717) is 13.1 Å². The van der Waals surface area contributed by atoms with Gasteiger partial charge in [0.2, 0.25) is 5.91 Å². The number of ether oxygens (including phenoxy) is 1. The molecule has 11 heteroatoms. The van der Waals surface area contributed by atoms with Crippen molar-refractivity contribution in [1.82, 2.24) is 39.9 Å². The summed E-state index contributed by atoms with van der Waals surface area (Å²) in [5.74, 6) is 0.691. The molecule has 6 aromatic rings. The molecule has 8 rings (SSSR count). The van der Waals surface area contributed by atoms with E-state index in [2.05, 4.69) is 65.4 Å². The Morgan fingerprint density at radius 3 is 2.48 bits per heavy atom. The molecule has 1 fully saturated rings. The standard InChI is InChI=1S/C22H26N4O2.C15H9FN4/c1-28-20-9-12-25(15-20)16-21(27)26-13-7-18(8-14-26)17-3-5-19(6-4-17)22-23-10-2-11-24-22;16-11-3-1-9(2-4-11)15-12-6-13-10(7-17-8-18-13)5-14(12)19-20-15/h2-7,10-11,20H,8-9,12-16H2,1H3;1-8H,(H,19,20)/t20-;/m0./s1. The molecule has 3 aromatic heterocycles. The molecule has 0 unspecified atom stereocenters. The number of fused-ring (bicyclic) bond motifs is 2. The van der Waals surface area contributed by atoms with E-state index in [1.54, 1.807) is 37.8 Å². The third-order valence-corrected chi connectivity index (χ3v) is 8.87. The number of H-pyrrole nitrogens is 1. The zero-order chi connectivity index (χ0) is 32.9. The number of hydrogen-bond acceptors (Lipinski definition) is 8. The van der Waals surface area contributed by atoms with Crippen LogP contribution in [0.25, 0.3) is 50.0 Å². The van der Waals surface area contributed by atoms with Crippen molar-refractivity contribution >= 4 is 33.3 Å². The van der Waals surface area contributed by atoms with Crippen LogP contribution in [0.5, 0.6) is 0 Å². The lowest BCUT2D eigenvalue weighted by Gasteiger charge is -2.28. The van der Waals surface area contributed by atoms with Gasteiger partial charge in [0.05, 0.1) is 29.4 Å². The fraction of sp³-hybridized carbons (Fsp3) is 0.243. The molecule has 1 amide bonds. The Hall–Kier alpha value is -5.39. The Kier molecular flexibility index (Phi) is 9.21. The van der Waals surface area contributed by atoms with E-state index in [1.165, 1.54) is 29.6 Å². The number of halogens is 1. The molecule has 2 aliphatic heterocycles. The molecule has 1 saturated heterocycles. The monoisotopic (exact) mass is 642 g/mol. The smallest absolute Gasteiger partial charge is 0.237 e. The van der Waals surface area contributed by atoms with Crippen LogP contribution in [-0.4, -0.2) is 91.8 Å². The SMILES string of the molecule is CO[C@H]1CCN(CC(=O)N2CC=C(c3ccc(-c4ncccn4)cc3)CC2)C1.Fc1ccc(-c2n[nH]c3cc4cncnc4cc23)cc1. The predicted molar refractivity (Wildman–Crippen MR) is 183 cm³/mol. The maximum atomic E-state index is 13.0. The predicted octanol–water partition coefficient (Wildman–Crippen LogP) is 5.79. The topological polar surface area (TPSA) is 113 Å². The molecular weight excluding hydrogens is 607 g/mol. The van der Waals surface area contributed by atoms with Gasteiger partial charge in [0.15, 0.2) is 5.82 Å². The second kappa shape index (κ2) is 14.2. The lowest BCUT2D eigenvalue weighted by Crippen LogP contribution is -2.41. The maximum absolute atomic E-state index is 13.0. The Morgan fingerprint density at radius 2 is 1.75 bits per heavy atom. The van der Waals surface area contributed by atoms with Crippen LogP contribution in [0, 0.1) is 5.82 Å². The number of methoxy groups -OCH3 is 1. The molecule has 2 aliphatic rings. The number of carbonyl (C=O) groups excluding carboxylic acids is 1. The van der Waals surface area contributed by atoms with Gasteiger partial charge in [-0.1, -0.05) is 30.3 Å². The van der Waals surface area contributed by atoms with E-state index in [9.17, 15) is 9.18 Å². The van der Waals surface area contributed by atoms with Gasteiger partial charge in [0, 0.05) is 73.8 Å². The van der Waals surface area contributed by atoms with Crippen molar-refractivity contribution in [3.05, 3.63) is 109 Å². The van der Waals surface area contributed by atoms with Gasteiger partial charge >= 0.3 is 0 Å². The van der Waals surface area contributed by atoms with E-state index in [4.69, 9.17) is 4.74 Å². The summed E-state index contributed by atoms with van der Waals surface area (Å²) in [6.07, 6.45) is 11.1. The number of aromatic amines is 1. The summed E-state index contributed by atoms with van der Waals surface area (Å²) in [6.45, 7) is 3.75. The molecule has 1 atom stereocenters. The van der Waals surface area contributed by atoms with Gasteiger partial charge in [-0.15, -0.1) is 0 Å². The van der Waals surface area contributed by atoms with Crippen LogP contribution in [0.2, 0.25) is 0 Å². The molecule has 10 nitrogen and oxygen atoms in total. The van der Waals surface area contributed by atoms with Gasteiger partial charge in [-0.3, -0.25) is 14.8 Å². The number of aromatic nitrogens is 6. The number of rotatable bonds is 6. The zero-order valence-electron chi connectivity index (χ0n) is 26.6. The molecule has 1 N–H and O–H groups in total. The van der Waals surface area contributed by atoms with E-state index in [1.807, 2.05) is 23.1 Å². The first-order valence-corrected chi connectivity index (χ1v) is 16.0. The zero-order valence-corrected chi connectivity index (χ0v) is 26.6. The summed E-state index contributed by atoms with van der Waals surface area (Å²) >= 11 is 0. The van der Waals surface area contributed by atoms with Gasteiger partial charge in [-0.25, -0.2) is 24.3 Å². The summed E-state index contributed by atoms with van der Waals surface area (Å²) in [5.41, 5.74) is 6.94. The lowest BCUT2D eigenvalue weighted by atomic mass is 9.98. The van der Waals surface area contributed by atoms with Crippen molar-refractivity contribution in [1.29, 1.82) is 0 Å². The molecule has 0 saturated carbocycles. The van der Waals surface area contributed by atoms with E-state index < -0.39 is 0 Å². The molecule has 5 heterocycles. The molecule has 242 valence electrons. The number of amides is 1. The van der Waals surface area contributed by atoms with Crippen molar-refractivity contribution in [2.24, 2.45) is 0 Å². The summed E-state index contributed by atoms with van der Waals surface area (Å²) < 4.78 is 18.4. The van der Waals surface area contributed by atoms with Crippen LogP contribution in [0.15, 0.2) is 97.7 Å². The second-order valence-electron chi connectivity index (χ2n) is 11.9. The molecule has 0 bridgehead atoms. The van der Waals surface area contributed by atoms with E-state index >= 15 is 0 Å². The Labute approximate surface area is 277 Å². The van der Waals surface area contributed by atoms with Crippen molar-refractivity contribution in [3.8, 4) is 22.6 Å². The molecule has 0 radical (unpaired) electrons. The number of likely N-dealkylation sites (tertiary alicyclic amines) is 1. The molecule has 0 aliphatic carbocycles. The molecule has 0 spiro atoms. The first-order valence-electron chi connectivity index (χ1n) is 16.0. The minimum absolute atomic E-state index is 0.212. The fourth-order valence-corrected chi connectivity index (χ4v) is 6.19. The normalized spacial score (nSPS) is 16.5. The average Bonchev–Trinajstić information content (AvgIpc) is 3.78. The summed E-state index contributed by atoms with van der Waals surface area (Å²) in [6, 6.07) is 20.4. The number of nitrogens with zero attached hydrogens (tertiary/aromatic N) is 7. The third-order valence-electron chi connectivity index (χ3n) is 8.87. The van der Waals surface area contributed by atoms with Crippen LogP contribution >= 0.6 is 0 Å². The highest BCUT2D eigenvalue weighted by Gasteiger charge is 2.26. The van der Waals surface area contributed by atoms with Crippen molar-refractivity contribution in [3.63, 3.8) is 0 Å². The number of hydrogen-bond donors (Lipinski definition) is 1. The van der Waals surface area contributed by atoms with Crippen molar-refractivity contribution in [2.75, 3.05) is 39.8 Å². The van der Waals surface area contributed by atoms with E-state index in [-0.39, 0.29) is 17.8 Å². The first kappa shape index (κ1) is 31.2. The van der Waals surface area contributed by atoms with Crippen molar-refractivity contribution in [2.45, 2.75) is 18.9 Å². The highest BCUT2D eigenvalue weighted by atomic mass is 19.1. The van der Waals surface area contributed by atoms with Crippen molar-refractivity contribution < 1.29 is 13.9 Å². The molecule has 3 aromatic carbocycles. The Bertz CT molecular complexity index is 2050. The summed E-state index contributed by atoms with van der Waals surface area (Å²) in [4.78, 5) is 33.6. The average molecular weight is 643 g/mol. The minimum atomic E-state index is -0.258. The summed E-state index contributed by atoms with van der Waals surface area (Å²) in [7, 11) is 1.74. The highest BCUT2D eigenvalue weighted by Crippen LogP contribution is 2.29. The van der Waals surface area contributed by atoms with Gasteiger partial charge in [-0.2, -0.15) is 5.10 Å². The number of benzene rings is 3. The maximum Gasteiger partial charge on any atom is 0.237 e. The lowest BCUT2D eigenvalue weighted by molar-refractivity contribution is -0.131. The third kappa shape index (κ3) is 6.97. The van der Waals surface area contributed by atoms with Gasteiger partial charge < -0.3 is 9.64 Å². The number of nitrogens with one attached hydrogen (secondary N) is 1. The summed E-state index contributed by atoms with van der Waals surface area (Å²) in [5, 5.41) is 9.23. The van der Waals surface area contributed by atoms with Gasteiger partial charge in [-0.05, 0) is 66.4 Å². The second-order valence-corrected chi connectivity index (χ2v) is 11.9. The first-order chi connectivity index (χ1) is 23.5. The minimum Gasteiger partial charge on any atom is -0.380 e. The van der Waals surface area contributed by atoms with Crippen LogP contribution in [0.4, 0.5) is 4.39 Å². The van der Waals surface area contributed by atoms with E-state index in [0.717, 1.165) is 76.9 Å². The van der Waals surface area contributed by atoms with Crippen LogP contribution in [0.1, 0.15) is 18.4 Å². The highest BCUT2D eigenvalue weighted by molar-refractivity contribution is 6.01. The van der Waals surface area contributed by atoms with Crippen LogP contribution < -0.4 is 0 Å². The quantitative estimate of drug-likeness (QED) is 0.243. The Balaban J connectivity index is 0.000000160. The van der Waals surface area contributed by atoms with Gasteiger partial charge in [0.25, 0.3) is 0 Å². The fourth-order valence-electron chi connectivity index (χ4n) is 6.19. The molecular formula is C37H35FN8O2. The largest absolute Gasteiger partial charge is 0.380 e. The molecule has 48 heavy (non-hydrogen) atoms.